The lowest BCUT2D eigenvalue weighted by molar-refractivity contribution is -0.115. The zero-order chi connectivity index (χ0) is 20.6. The van der Waals surface area contributed by atoms with E-state index in [2.05, 4.69) is 26.6 Å². The fraction of sp³-hybridized carbons (Fsp3) is 0.130. The van der Waals surface area contributed by atoms with Crippen molar-refractivity contribution in [2.45, 2.75) is 13.5 Å². The van der Waals surface area contributed by atoms with Crippen molar-refractivity contribution in [1.82, 2.24) is 5.32 Å². The number of ether oxygens (including phenoxy) is 1. The minimum absolute atomic E-state index is 0.123. The Morgan fingerprint density at radius 3 is 2.45 bits per heavy atom. The molecule has 0 atom stereocenters. The van der Waals surface area contributed by atoms with Crippen LogP contribution in [0.2, 0.25) is 0 Å². The third-order valence-corrected chi connectivity index (χ3v) is 4.76. The highest BCUT2D eigenvalue weighted by atomic mass is 79.9. The Labute approximate surface area is 178 Å². The number of carbonyl (C=O) groups excluding carboxylic acids is 2. The molecular formula is C23H21BrN2O3. The second kappa shape index (κ2) is 9.89. The van der Waals surface area contributed by atoms with Crippen molar-refractivity contribution >= 4 is 33.4 Å². The average Bonchev–Trinajstić information content (AvgIpc) is 2.73. The highest BCUT2D eigenvalue weighted by Crippen LogP contribution is 2.20. The first-order chi connectivity index (χ1) is 14.0. The van der Waals surface area contributed by atoms with Crippen molar-refractivity contribution in [2.24, 2.45) is 0 Å². The van der Waals surface area contributed by atoms with Gasteiger partial charge < -0.3 is 15.4 Å². The van der Waals surface area contributed by atoms with Gasteiger partial charge in [0.15, 0.2) is 0 Å². The smallest absolute Gasteiger partial charge is 0.252 e. The van der Waals surface area contributed by atoms with Gasteiger partial charge in [-0.25, -0.2) is 0 Å². The monoisotopic (exact) mass is 452 g/mol. The molecule has 0 aliphatic carbocycles. The Morgan fingerprint density at radius 1 is 0.966 bits per heavy atom. The number of anilines is 1. The number of nitrogens with one attached hydrogen (secondary N) is 2. The molecule has 29 heavy (non-hydrogen) atoms. The Morgan fingerprint density at radius 2 is 1.69 bits per heavy atom. The maximum Gasteiger partial charge on any atom is 0.252 e. The largest absolute Gasteiger partial charge is 0.489 e. The molecule has 5 nitrogen and oxygen atoms in total. The number of para-hydroxylation sites is 1. The predicted molar refractivity (Wildman–Crippen MR) is 117 cm³/mol. The summed E-state index contributed by atoms with van der Waals surface area (Å²) in [5.41, 5.74) is 2.88. The van der Waals surface area contributed by atoms with E-state index in [1.807, 2.05) is 67.6 Å². The molecule has 0 aromatic heterocycles. The molecule has 3 aromatic rings. The highest BCUT2D eigenvalue weighted by molar-refractivity contribution is 9.10. The Hall–Kier alpha value is -3.12. The summed E-state index contributed by atoms with van der Waals surface area (Å²) in [7, 11) is 0. The summed E-state index contributed by atoms with van der Waals surface area (Å²) in [6.07, 6.45) is 0. The Kier molecular flexibility index (Phi) is 7.03. The van der Waals surface area contributed by atoms with Crippen LogP contribution < -0.4 is 15.4 Å². The third-order valence-electron chi connectivity index (χ3n) is 4.27. The van der Waals surface area contributed by atoms with Gasteiger partial charge in [0.2, 0.25) is 5.91 Å². The van der Waals surface area contributed by atoms with Crippen molar-refractivity contribution in [3.8, 4) is 5.75 Å². The number of hydrogen-bond acceptors (Lipinski definition) is 3. The molecule has 3 aromatic carbocycles. The summed E-state index contributed by atoms with van der Waals surface area (Å²) in [6.45, 7) is 2.04. The van der Waals surface area contributed by atoms with Crippen LogP contribution in [0.1, 0.15) is 21.5 Å². The molecule has 0 saturated carbocycles. The van der Waals surface area contributed by atoms with Crippen molar-refractivity contribution in [2.75, 3.05) is 11.9 Å². The molecule has 148 valence electrons. The first-order valence-corrected chi connectivity index (χ1v) is 9.92. The molecule has 0 spiro atoms. The van der Waals surface area contributed by atoms with E-state index in [-0.39, 0.29) is 25.0 Å². The van der Waals surface area contributed by atoms with Gasteiger partial charge in [-0.05, 0) is 48.9 Å². The first-order valence-electron chi connectivity index (χ1n) is 9.13. The molecule has 0 heterocycles. The predicted octanol–water partition coefficient (Wildman–Crippen LogP) is 4.71. The highest BCUT2D eigenvalue weighted by Gasteiger charge is 2.13. The van der Waals surface area contributed by atoms with Crippen LogP contribution in [0.3, 0.4) is 0 Å². The van der Waals surface area contributed by atoms with Gasteiger partial charge in [-0.15, -0.1) is 0 Å². The molecule has 0 saturated heterocycles. The molecule has 0 aliphatic rings. The number of carbonyl (C=O) groups is 2. The van der Waals surface area contributed by atoms with Gasteiger partial charge >= 0.3 is 0 Å². The molecule has 6 heteroatoms. The lowest BCUT2D eigenvalue weighted by atomic mass is 10.1. The van der Waals surface area contributed by atoms with Gasteiger partial charge in [-0.1, -0.05) is 52.3 Å². The van der Waals surface area contributed by atoms with Crippen LogP contribution in [0, 0.1) is 6.92 Å². The van der Waals surface area contributed by atoms with Crippen LogP contribution in [0.15, 0.2) is 77.3 Å². The zero-order valence-electron chi connectivity index (χ0n) is 15.9. The van der Waals surface area contributed by atoms with E-state index < -0.39 is 0 Å². The Bertz CT molecular complexity index is 1010. The second-order valence-electron chi connectivity index (χ2n) is 6.45. The topological polar surface area (TPSA) is 67.4 Å². The van der Waals surface area contributed by atoms with Crippen LogP contribution in [-0.2, 0) is 11.4 Å². The molecule has 2 N–H and O–H groups in total. The molecule has 2 amide bonds. The van der Waals surface area contributed by atoms with Crippen molar-refractivity contribution < 1.29 is 14.3 Å². The number of hydrogen-bond donors (Lipinski definition) is 2. The van der Waals surface area contributed by atoms with Crippen molar-refractivity contribution in [3.05, 3.63) is 94.0 Å². The fourth-order valence-corrected chi connectivity index (χ4v) is 3.24. The molecule has 0 unspecified atom stereocenters. The average molecular weight is 453 g/mol. The summed E-state index contributed by atoms with van der Waals surface area (Å²) in [5.74, 6) is 0.119. The first kappa shape index (κ1) is 20.6. The number of halogens is 1. The lowest BCUT2D eigenvalue weighted by Gasteiger charge is -2.12. The van der Waals surface area contributed by atoms with Gasteiger partial charge in [0.25, 0.3) is 5.91 Å². The van der Waals surface area contributed by atoms with E-state index in [0.29, 0.717) is 11.3 Å². The summed E-state index contributed by atoms with van der Waals surface area (Å²) >= 11 is 3.39. The van der Waals surface area contributed by atoms with E-state index in [9.17, 15) is 9.59 Å². The van der Waals surface area contributed by atoms with E-state index >= 15 is 0 Å². The van der Waals surface area contributed by atoms with Gasteiger partial charge in [0.1, 0.15) is 12.4 Å². The van der Waals surface area contributed by atoms with Crippen molar-refractivity contribution in [1.29, 1.82) is 0 Å². The lowest BCUT2D eigenvalue weighted by Crippen LogP contribution is -2.33. The van der Waals surface area contributed by atoms with Crippen LogP contribution in [0.5, 0.6) is 5.75 Å². The number of rotatable bonds is 7. The minimum Gasteiger partial charge on any atom is -0.489 e. The van der Waals surface area contributed by atoms with Crippen LogP contribution >= 0.6 is 15.9 Å². The number of amides is 2. The molecular weight excluding hydrogens is 432 g/mol. The molecule has 0 bridgehead atoms. The summed E-state index contributed by atoms with van der Waals surface area (Å²) in [5, 5.41) is 5.48. The van der Waals surface area contributed by atoms with Gasteiger partial charge in [0, 0.05) is 21.3 Å². The van der Waals surface area contributed by atoms with Crippen LogP contribution in [0.25, 0.3) is 0 Å². The minimum atomic E-state index is -0.320. The molecule has 0 fully saturated rings. The summed E-state index contributed by atoms with van der Waals surface area (Å²) < 4.78 is 6.69. The normalized spacial score (nSPS) is 10.3. The quantitative estimate of drug-likeness (QED) is 0.545. The number of aryl methyl sites for hydroxylation is 1. The van der Waals surface area contributed by atoms with Gasteiger partial charge in [0.05, 0.1) is 6.54 Å². The van der Waals surface area contributed by atoms with E-state index in [1.54, 1.807) is 12.1 Å². The second-order valence-corrected chi connectivity index (χ2v) is 7.36. The summed E-state index contributed by atoms with van der Waals surface area (Å²) in [6, 6.07) is 22.2. The fourth-order valence-electron chi connectivity index (χ4n) is 2.76. The molecule has 0 radical (unpaired) electrons. The molecule has 3 rings (SSSR count). The van der Waals surface area contributed by atoms with Crippen LogP contribution in [0.4, 0.5) is 5.69 Å². The molecule has 0 aliphatic heterocycles. The van der Waals surface area contributed by atoms with E-state index in [0.717, 1.165) is 21.3 Å². The maximum absolute atomic E-state index is 12.6. The number of benzene rings is 3. The van der Waals surface area contributed by atoms with Crippen LogP contribution in [-0.4, -0.2) is 18.4 Å². The van der Waals surface area contributed by atoms with E-state index in [1.165, 1.54) is 0 Å². The summed E-state index contributed by atoms with van der Waals surface area (Å²) in [4.78, 5) is 24.8. The Balaban J connectivity index is 1.58. The van der Waals surface area contributed by atoms with Crippen molar-refractivity contribution in [3.63, 3.8) is 0 Å². The SMILES string of the molecule is Cc1cc(Br)ccc1NC(=O)CNC(=O)c1ccccc1COc1ccccc1. The van der Waals surface area contributed by atoms with Gasteiger partial charge in [-0.3, -0.25) is 9.59 Å². The van der Waals surface area contributed by atoms with E-state index in [4.69, 9.17) is 4.74 Å². The standard InChI is InChI=1S/C23H21BrN2O3/c1-16-13-18(24)11-12-21(16)26-22(27)14-25-23(28)20-10-6-5-7-17(20)15-29-19-8-3-2-4-9-19/h2-13H,14-15H2,1H3,(H,25,28)(H,26,27). The third kappa shape index (κ3) is 5.93. The van der Waals surface area contributed by atoms with Gasteiger partial charge in [-0.2, -0.15) is 0 Å². The zero-order valence-corrected chi connectivity index (χ0v) is 17.5. The maximum atomic E-state index is 12.6.